The number of hydrogen-bond donors (Lipinski definition) is 2. The highest BCUT2D eigenvalue weighted by Gasteiger charge is 2.25. The van der Waals surface area contributed by atoms with Gasteiger partial charge in [-0.1, -0.05) is 29.5 Å². The number of fused-ring (bicyclic) bond motifs is 1. The van der Waals surface area contributed by atoms with Crippen molar-refractivity contribution in [3.8, 4) is 5.75 Å². The molecule has 2 amide bonds. The summed E-state index contributed by atoms with van der Waals surface area (Å²) in [6.45, 7) is 5.51. The molecule has 0 aliphatic carbocycles. The van der Waals surface area contributed by atoms with Gasteiger partial charge in [-0.25, -0.2) is 4.98 Å². The summed E-state index contributed by atoms with van der Waals surface area (Å²) in [5, 5.41) is 6.89. The van der Waals surface area contributed by atoms with Crippen LogP contribution in [0, 0.1) is 0 Å². The van der Waals surface area contributed by atoms with E-state index in [-0.39, 0.29) is 11.8 Å². The lowest BCUT2D eigenvalue weighted by Crippen LogP contribution is -2.36. The van der Waals surface area contributed by atoms with Gasteiger partial charge in [0, 0.05) is 45.8 Å². The highest BCUT2D eigenvalue weighted by atomic mass is 32.1. The van der Waals surface area contributed by atoms with Crippen LogP contribution >= 0.6 is 11.3 Å². The number of methoxy groups -OCH3 is 2. The molecule has 192 valence electrons. The molecule has 1 fully saturated rings. The second-order valence-electron chi connectivity index (χ2n) is 9.01. The van der Waals surface area contributed by atoms with E-state index in [1.54, 1.807) is 21.1 Å². The van der Waals surface area contributed by atoms with E-state index in [9.17, 15) is 9.59 Å². The lowest BCUT2D eigenvalue weighted by Gasteiger charge is -2.31. The first-order chi connectivity index (χ1) is 17.5. The van der Waals surface area contributed by atoms with Gasteiger partial charge >= 0.3 is 0 Å². The highest BCUT2D eigenvalue weighted by molar-refractivity contribution is 7.22. The number of piperidine rings is 1. The summed E-state index contributed by atoms with van der Waals surface area (Å²) < 4.78 is 11.6. The first-order valence-electron chi connectivity index (χ1n) is 12.3. The number of rotatable bonds is 10. The normalized spacial score (nSPS) is 14.2. The maximum Gasteiger partial charge on any atom is 0.257 e. The molecule has 8 nitrogen and oxygen atoms in total. The second kappa shape index (κ2) is 12.3. The molecule has 0 bridgehead atoms. The smallest absolute Gasteiger partial charge is 0.257 e. The summed E-state index contributed by atoms with van der Waals surface area (Å²) in [5.74, 6) is 0.967. The van der Waals surface area contributed by atoms with E-state index >= 15 is 0 Å². The van der Waals surface area contributed by atoms with Gasteiger partial charge in [0.05, 0.1) is 11.8 Å². The molecule has 0 saturated carbocycles. The van der Waals surface area contributed by atoms with Crippen molar-refractivity contribution in [1.82, 2.24) is 15.2 Å². The van der Waals surface area contributed by atoms with Crippen LogP contribution in [-0.4, -0.2) is 62.2 Å². The van der Waals surface area contributed by atoms with Gasteiger partial charge in [0.25, 0.3) is 5.91 Å². The molecule has 3 aromatic rings. The third-order valence-corrected chi connectivity index (χ3v) is 7.62. The Morgan fingerprint density at radius 3 is 2.53 bits per heavy atom. The van der Waals surface area contributed by atoms with Crippen molar-refractivity contribution in [2.45, 2.75) is 38.6 Å². The largest absolute Gasteiger partial charge is 0.494 e. The third kappa shape index (κ3) is 6.21. The van der Waals surface area contributed by atoms with E-state index < -0.39 is 0 Å². The van der Waals surface area contributed by atoms with E-state index in [4.69, 9.17) is 14.5 Å². The third-order valence-electron chi connectivity index (χ3n) is 6.60. The maximum atomic E-state index is 12.9. The SMILES string of the molecule is COCCCNCc1ccc(C(=O)Nc2nc3c(OC)ccc(C4CCN(C(C)=O)CC4)c3s2)cc1. The van der Waals surface area contributed by atoms with Gasteiger partial charge in [0.2, 0.25) is 5.91 Å². The van der Waals surface area contributed by atoms with Crippen LogP contribution in [-0.2, 0) is 16.1 Å². The predicted octanol–water partition coefficient (Wildman–Crippen LogP) is 4.41. The Labute approximate surface area is 216 Å². The summed E-state index contributed by atoms with van der Waals surface area (Å²) in [6, 6.07) is 11.6. The van der Waals surface area contributed by atoms with E-state index in [1.807, 2.05) is 35.2 Å². The van der Waals surface area contributed by atoms with Gasteiger partial charge in [-0.2, -0.15) is 0 Å². The molecule has 4 rings (SSSR count). The van der Waals surface area contributed by atoms with Crippen molar-refractivity contribution in [3.05, 3.63) is 53.1 Å². The number of anilines is 1. The first-order valence-corrected chi connectivity index (χ1v) is 13.1. The van der Waals surface area contributed by atoms with Crippen molar-refractivity contribution in [2.75, 3.05) is 45.8 Å². The van der Waals surface area contributed by atoms with Gasteiger partial charge < -0.3 is 19.7 Å². The number of carbonyl (C=O) groups excluding carboxylic acids is 2. The first kappa shape index (κ1) is 26.1. The molecule has 0 spiro atoms. The quantitative estimate of drug-likeness (QED) is 0.393. The van der Waals surface area contributed by atoms with E-state index in [0.29, 0.717) is 22.4 Å². The molecular weight excluding hydrogens is 476 g/mol. The minimum Gasteiger partial charge on any atom is -0.494 e. The Balaban J connectivity index is 1.45. The fourth-order valence-corrected chi connectivity index (χ4v) is 5.63. The van der Waals surface area contributed by atoms with Gasteiger partial charge in [0.15, 0.2) is 5.13 Å². The Morgan fingerprint density at radius 2 is 1.86 bits per heavy atom. The maximum absolute atomic E-state index is 12.9. The molecule has 1 aliphatic rings. The van der Waals surface area contributed by atoms with Gasteiger partial charge in [0.1, 0.15) is 11.3 Å². The average Bonchev–Trinajstić information content (AvgIpc) is 3.32. The summed E-state index contributed by atoms with van der Waals surface area (Å²) in [5.41, 5.74) is 3.67. The summed E-state index contributed by atoms with van der Waals surface area (Å²) in [6.07, 6.45) is 2.78. The van der Waals surface area contributed by atoms with Crippen LogP contribution in [0.15, 0.2) is 36.4 Å². The topological polar surface area (TPSA) is 92.8 Å². The average molecular weight is 511 g/mol. The molecule has 0 unspecified atom stereocenters. The lowest BCUT2D eigenvalue weighted by atomic mass is 9.89. The van der Waals surface area contributed by atoms with E-state index in [2.05, 4.69) is 16.7 Å². The minimum atomic E-state index is -0.191. The van der Waals surface area contributed by atoms with Crippen molar-refractivity contribution in [1.29, 1.82) is 0 Å². The van der Waals surface area contributed by atoms with Gasteiger partial charge in [-0.15, -0.1) is 0 Å². The number of aromatic nitrogens is 1. The molecule has 0 atom stereocenters. The number of benzene rings is 2. The zero-order valence-electron chi connectivity index (χ0n) is 21.1. The zero-order chi connectivity index (χ0) is 25.5. The van der Waals surface area contributed by atoms with E-state index in [1.165, 1.54) is 16.9 Å². The summed E-state index contributed by atoms with van der Waals surface area (Å²) >= 11 is 1.47. The van der Waals surface area contributed by atoms with Crippen LogP contribution in [0.3, 0.4) is 0 Å². The Morgan fingerprint density at radius 1 is 1.11 bits per heavy atom. The molecule has 1 saturated heterocycles. The number of ether oxygens (including phenoxy) is 2. The summed E-state index contributed by atoms with van der Waals surface area (Å²) in [4.78, 5) is 31.3. The van der Waals surface area contributed by atoms with Crippen LogP contribution in [0.25, 0.3) is 10.2 Å². The molecule has 2 N–H and O–H groups in total. The number of likely N-dealkylation sites (tertiary alicyclic amines) is 1. The van der Waals surface area contributed by atoms with Gasteiger partial charge in [-0.3, -0.25) is 14.9 Å². The minimum absolute atomic E-state index is 0.127. The molecule has 36 heavy (non-hydrogen) atoms. The highest BCUT2D eigenvalue weighted by Crippen LogP contribution is 2.41. The Bertz CT molecular complexity index is 1190. The number of amides is 2. The number of thiazole rings is 1. The lowest BCUT2D eigenvalue weighted by molar-refractivity contribution is -0.129. The Kier molecular flexibility index (Phi) is 8.90. The standard InChI is InChI=1S/C27H34N4O4S/c1-18(32)31-14-11-20(12-15-31)22-9-10-23(35-3)24-25(22)36-27(29-24)30-26(33)21-7-5-19(6-8-21)17-28-13-4-16-34-2/h5-10,20,28H,4,11-17H2,1-3H3,(H,29,30,33). The summed E-state index contributed by atoms with van der Waals surface area (Å²) in [7, 11) is 3.33. The number of nitrogens with zero attached hydrogens (tertiary/aromatic N) is 2. The van der Waals surface area contributed by atoms with Crippen LogP contribution in [0.5, 0.6) is 5.75 Å². The molecule has 1 aromatic heterocycles. The van der Waals surface area contributed by atoms with Crippen molar-refractivity contribution >= 4 is 38.5 Å². The molecule has 1 aliphatic heterocycles. The molecular formula is C27H34N4O4S. The van der Waals surface area contributed by atoms with Crippen LogP contribution < -0.4 is 15.4 Å². The van der Waals surface area contributed by atoms with E-state index in [0.717, 1.165) is 67.8 Å². The van der Waals surface area contributed by atoms with Crippen LogP contribution in [0.1, 0.15) is 53.6 Å². The molecule has 2 heterocycles. The molecule has 9 heteroatoms. The number of hydrogen-bond acceptors (Lipinski definition) is 7. The molecule has 0 radical (unpaired) electrons. The van der Waals surface area contributed by atoms with Crippen LogP contribution in [0.4, 0.5) is 5.13 Å². The number of carbonyl (C=O) groups is 2. The second-order valence-corrected chi connectivity index (χ2v) is 10.0. The molecule has 2 aromatic carbocycles. The fourth-order valence-electron chi connectivity index (χ4n) is 4.57. The zero-order valence-corrected chi connectivity index (χ0v) is 22.0. The van der Waals surface area contributed by atoms with Gasteiger partial charge in [-0.05, 0) is 61.1 Å². The monoisotopic (exact) mass is 510 g/mol. The fraction of sp³-hybridized carbons (Fsp3) is 0.444. The number of nitrogens with one attached hydrogen (secondary N) is 2. The predicted molar refractivity (Wildman–Crippen MR) is 143 cm³/mol. The van der Waals surface area contributed by atoms with Crippen molar-refractivity contribution < 1.29 is 19.1 Å². The van der Waals surface area contributed by atoms with Crippen molar-refractivity contribution in [2.24, 2.45) is 0 Å². The van der Waals surface area contributed by atoms with Crippen LogP contribution in [0.2, 0.25) is 0 Å². The Hall–Kier alpha value is -3.01. The van der Waals surface area contributed by atoms with Crippen molar-refractivity contribution in [3.63, 3.8) is 0 Å².